The maximum atomic E-state index is 13.0. The lowest BCUT2D eigenvalue weighted by atomic mass is 10.0. The fraction of sp³-hybridized carbons (Fsp3) is 0.368. The molecule has 0 atom stereocenters. The molecular weight excluding hydrogens is 342 g/mol. The van der Waals surface area contributed by atoms with Crippen LogP contribution in [0.5, 0.6) is 5.95 Å². The fourth-order valence-electron chi connectivity index (χ4n) is 2.58. The average molecular weight is 364 g/mol. The van der Waals surface area contributed by atoms with Crippen molar-refractivity contribution >= 4 is 29.2 Å². The highest BCUT2D eigenvalue weighted by Gasteiger charge is 2.33. The number of anilines is 1. The zero-order valence-electron chi connectivity index (χ0n) is 15.1. The van der Waals surface area contributed by atoms with Crippen LogP contribution in [0.2, 0.25) is 5.02 Å². The number of halogens is 1. The number of carbonyl (C=O) groups is 2. The Morgan fingerprint density at radius 2 is 1.80 bits per heavy atom. The number of furan rings is 1. The van der Waals surface area contributed by atoms with Gasteiger partial charge in [-0.15, -0.1) is 0 Å². The molecule has 2 aromatic rings. The molecule has 134 valence electrons. The largest absolute Gasteiger partial charge is 0.465 e. The van der Waals surface area contributed by atoms with E-state index in [0.717, 1.165) is 0 Å². The molecule has 0 aliphatic carbocycles. The van der Waals surface area contributed by atoms with E-state index in [9.17, 15) is 9.59 Å². The number of amides is 1. The molecule has 0 unspecified atom stereocenters. The first kappa shape index (κ1) is 19.1. The molecule has 0 radical (unpaired) electrons. The van der Waals surface area contributed by atoms with Gasteiger partial charge < -0.3 is 9.15 Å². The Kier molecular flexibility index (Phi) is 5.58. The average Bonchev–Trinajstić information content (AvgIpc) is 2.89. The van der Waals surface area contributed by atoms with Gasteiger partial charge >= 0.3 is 0 Å². The number of benzene rings is 1. The molecule has 5 nitrogen and oxygen atoms in total. The summed E-state index contributed by atoms with van der Waals surface area (Å²) in [7, 11) is 0. The zero-order chi connectivity index (χ0) is 18.8. The third-order valence-corrected chi connectivity index (χ3v) is 3.77. The van der Waals surface area contributed by atoms with E-state index in [4.69, 9.17) is 20.8 Å². The van der Waals surface area contributed by atoms with Crippen molar-refractivity contribution in [1.82, 2.24) is 0 Å². The Balaban J connectivity index is 2.57. The minimum atomic E-state index is -0.567. The van der Waals surface area contributed by atoms with Crippen molar-refractivity contribution in [2.24, 2.45) is 0 Å². The Morgan fingerprint density at radius 1 is 1.20 bits per heavy atom. The molecular formula is C19H22ClNO4. The van der Waals surface area contributed by atoms with Crippen LogP contribution in [0.4, 0.5) is 5.88 Å². The highest BCUT2D eigenvalue weighted by Crippen LogP contribution is 2.35. The molecule has 0 bridgehead atoms. The van der Waals surface area contributed by atoms with Gasteiger partial charge in [0.25, 0.3) is 5.95 Å². The van der Waals surface area contributed by atoms with Gasteiger partial charge in [-0.1, -0.05) is 11.6 Å². The standard InChI is InChI=1S/C19H22ClNO4/c1-6-24-16-11-15(17(23)13-7-9-14(20)10-8-13)18(25-16)21(12(2)22)19(3,4)5/h7-11H,6H2,1-5H3. The molecule has 6 heteroatoms. The van der Waals surface area contributed by atoms with Gasteiger partial charge in [0, 0.05) is 29.1 Å². The lowest BCUT2D eigenvalue weighted by Gasteiger charge is -2.33. The van der Waals surface area contributed by atoms with E-state index in [1.807, 2.05) is 27.7 Å². The predicted molar refractivity (Wildman–Crippen MR) is 97.7 cm³/mol. The van der Waals surface area contributed by atoms with Crippen molar-refractivity contribution in [2.45, 2.75) is 40.2 Å². The Hall–Kier alpha value is -2.27. The second-order valence-electron chi connectivity index (χ2n) is 6.58. The number of nitrogens with zero attached hydrogens (tertiary/aromatic N) is 1. The Labute approximate surface area is 152 Å². The van der Waals surface area contributed by atoms with Crippen LogP contribution in [-0.2, 0) is 4.79 Å². The Bertz CT molecular complexity index is 772. The monoisotopic (exact) mass is 363 g/mol. The summed E-state index contributed by atoms with van der Waals surface area (Å²) in [6.07, 6.45) is 0. The minimum absolute atomic E-state index is 0.184. The minimum Gasteiger partial charge on any atom is -0.465 e. The molecule has 1 amide bonds. The molecule has 25 heavy (non-hydrogen) atoms. The van der Waals surface area contributed by atoms with Gasteiger partial charge in [0.1, 0.15) is 0 Å². The predicted octanol–water partition coefficient (Wildman–Crippen LogP) is 4.71. The number of hydrogen-bond acceptors (Lipinski definition) is 4. The highest BCUT2D eigenvalue weighted by atomic mass is 35.5. The van der Waals surface area contributed by atoms with Crippen LogP contribution < -0.4 is 9.64 Å². The van der Waals surface area contributed by atoms with E-state index in [1.54, 1.807) is 24.3 Å². The van der Waals surface area contributed by atoms with Crippen LogP contribution in [0.15, 0.2) is 34.7 Å². The van der Waals surface area contributed by atoms with Crippen LogP contribution >= 0.6 is 11.6 Å². The number of carbonyl (C=O) groups excluding carboxylic acids is 2. The van der Waals surface area contributed by atoms with Crippen LogP contribution in [-0.4, -0.2) is 23.8 Å². The highest BCUT2D eigenvalue weighted by molar-refractivity contribution is 6.30. The molecule has 0 saturated carbocycles. The molecule has 1 heterocycles. The number of ketones is 1. The van der Waals surface area contributed by atoms with E-state index in [2.05, 4.69) is 0 Å². The van der Waals surface area contributed by atoms with Gasteiger partial charge in [-0.05, 0) is 52.0 Å². The summed E-state index contributed by atoms with van der Waals surface area (Å²) in [6.45, 7) is 9.24. The maximum Gasteiger partial charge on any atom is 0.286 e. The molecule has 1 aromatic heterocycles. The van der Waals surface area contributed by atoms with Gasteiger partial charge in [0.2, 0.25) is 11.8 Å². The second-order valence-corrected chi connectivity index (χ2v) is 7.01. The Morgan fingerprint density at radius 3 is 2.28 bits per heavy atom. The molecule has 2 rings (SSSR count). The van der Waals surface area contributed by atoms with Gasteiger partial charge in [-0.25, -0.2) is 0 Å². The van der Waals surface area contributed by atoms with Crippen molar-refractivity contribution in [2.75, 3.05) is 11.5 Å². The molecule has 0 spiro atoms. The normalized spacial score (nSPS) is 11.3. The van der Waals surface area contributed by atoms with Crippen molar-refractivity contribution in [3.8, 4) is 5.95 Å². The summed E-state index contributed by atoms with van der Waals surface area (Å²) in [4.78, 5) is 26.6. The summed E-state index contributed by atoms with van der Waals surface area (Å²) >= 11 is 5.89. The molecule has 1 aromatic carbocycles. The first-order valence-corrected chi connectivity index (χ1v) is 8.40. The second kappa shape index (κ2) is 7.31. The number of hydrogen-bond donors (Lipinski definition) is 0. The first-order chi connectivity index (χ1) is 11.6. The summed E-state index contributed by atoms with van der Waals surface area (Å²) in [5.41, 5.74) is 0.158. The van der Waals surface area contributed by atoms with Gasteiger partial charge in [-0.3, -0.25) is 14.5 Å². The fourth-order valence-corrected chi connectivity index (χ4v) is 2.70. The summed E-state index contributed by atoms with van der Waals surface area (Å²) in [5.74, 6) is -0.111. The quantitative estimate of drug-likeness (QED) is 0.721. The molecule has 0 N–H and O–H groups in total. The van der Waals surface area contributed by atoms with Gasteiger partial charge in [0.15, 0.2) is 5.78 Å². The van der Waals surface area contributed by atoms with Gasteiger partial charge in [0.05, 0.1) is 12.2 Å². The first-order valence-electron chi connectivity index (χ1n) is 8.02. The van der Waals surface area contributed by atoms with E-state index in [1.165, 1.54) is 17.9 Å². The third-order valence-electron chi connectivity index (χ3n) is 3.52. The van der Waals surface area contributed by atoms with Gasteiger partial charge in [-0.2, -0.15) is 0 Å². The van der Waals surface area contributed by atoms with Crippen molar-refractivity contribution in [1.29, 1.82) is 0 Å². The van der Waals surface area contributed by atoms with Crippen molar-refractivity contribution in [3.05, 3.63) is 46.5 Å². The topological polar surface area (TPSA) is 59.8 Å². The molecule has 0 aliphatic rings. The number of rotatable bonds is 5. The SMILES string of the molecule is CCOc1cc(C(=O)c2ccc(Cl)cc2)c(N(C(C)=O)C(C)(C)C)o1. The van der Waals surface area contributed by atoms with Crippen LogP contribution in [0, 0.1) is 0 Å². The van der Waals surface area contributed by atoms with E-state index < -0.39 is 5.54 Å². The molecule has 0 aliphatic heterocycles. The van der Waals surface area contributed by atoms with Crippen LogP contribution in [0.3, 0.4) is 0 Å². The van der Waals surface area contributed by atoms with E-state index in [-0.39, 0.29) is 29.1 Å². The van der Waals surface area contributed by atoms with Crippen molar-refractivity contribution in [3.63, 3.8) is 0 Å². The van der Waals surface area contributed by atoms with E-state index in [0.29, 0.717) is 17.2 Å². The lowest BCUT2D eigenvalue weighted by molar-refractivity contribution is -0.117. The zero-order valence-corrected chi connectivity index (χ0v) is 15.8. The van der Waals surface area contributed by atoms with Crippen LogP contribution in [0.25, 0.3) is 0 Å². The smallest absolute Gasteiger partial charge is 0.286 e. The number of ether oxygens (including phenoxy) is 1. The summed E-state index contributed by atoms with van der Waals surface area (Å²) in [5, 5.41) is 0.541. The summed E-state index contributed by atoms with van der Waals surface area (Å²) in [6, 6.07) is 8.08. The summed E-state index contributed by atoms with van der Waals surface area (Å²) < 4.78 is 11.1. The maximum absolute atomic E-state index is 13.0. The third kappa shape index (κ3) is 4.23. The lowest BCUT2D eigenvalue weighted by Crippen LogP contribution is -2.45. The van der Waals surface area contributed by atoms with Crippen LogP contribution in [0.1, 0.15) is 50.5 Å². The van der Waals surface area contributed by atoms with E-state index >= 15 is 0 Å². The molecule has 0 saturated heterocycles. The molecule has 0 fully saturated rings. The van der Waals surface area contributed by atoms with Crippen molar-refractivity contribution < 1.29 is 18.7 Å².